The lowest BCUT2D eigenvalue weighted by Gasteiger charge is -2.07. The van der Waals surface area contributed by atoms with E-state index in [0.717, 1.165) is 58.0 Å². The minimum atomic E-state index is 0.0666. The molecular weight excluding hydrogens is 718 g/mol. The van der Waals surface area contributed by atoms with E-state index in [-0.39, 0.29) is 5.43 Å². The predicted molar refractivity (Wildman–Crippen MR) is 189 cm³/mol. The SMILES string of the molecule is Cc1cc(=O)c2ccc(C)c(Br)c2[nH]1.Cc1cc(C)c2ccc(C)c(Br)c2n1.Cc1cc(C)c2ccc(C)c(Br)c2n1. The summed E-state index contributed by atoms with van der Waals surface area (Å²) in [6, 6.07) is 18.2. The van der Waals surface area contributed by atoms with Crippen LogP contribution < -0.4 is 5.43 Å². The Kier molecular flexibility index (Phi) is 10.1. The van der Waals surface area contributed by atoms with Gasteiger partial charge in [0.05, 0.1) is 16.6 Å². The van der Waals surface area contributed by atoms with Crippen LogP contribution in [0.5, 0.6) is 0 Å². The Labute approximate surface area is 272 Å². The predicted octanol–water partition coefficient (Wildman–Crippen LogP) is 10.8. The molecule has 4 nitrogen and oxygen atoms in total. The number of hydrogen-bond acceptors (Lipinski definition) is 3. The molecule has 0 aliphatic rings. The molecule has 0 aliphatic heterocycles. The molecule has 216 valence electrons. The molecule has 0 saturated heterocycles. The summed E-state index contributed by atoms with van der Waals surface area (Å²) in [6.45, 7) is 16.4. The maximum absolute atomic E-state index is 11.6. The van der Waals surface area contributed by atoms with Crippen molar-refractivity contribution < 1.29 is 0 Å². The van der Waals surface area contributed by atoms with Crippen LogP contribution in [0.25, 0.3) is 32.7 Å². The molecule has 7 heteroatoms. The van der Waals surface area contributed by atoms with Crippen LogP contribution in [0.2, 0.25) is 0 Å². The maximum atomic E-state index is 11.6. The van der Waals surface area contributed by atoms with Gasteiger partial charge in [-0.1, -0.05) is 30.3 Å². The first-order chi connectivity index (χ1) is 19.8. The van der Waals surface area contributed by atoms with Crippen molar-refractivity contribution in [3.8, 4) is 0 Å². The average Bonchev–Trinajstić information content (AvgIpc) is 2.92. The highest BCUT2D eigenvalue weighted by Gasteiger charge is 2.08. The summed E-state index contributed by atoms with van der Waals surface area (Å²) in [5, 5.41) is 3.19. The van der Waals surface area contributed by atoms with Crippen molar-refractivity contribution in [2.75, 3.05) is 0 Å². The van der Waals surface area contributed by atoms with E-state index >= 15 is 0 Å². The molecule has 0 saturated carbocycles. The van der Waals surface area contributed by atoms with Gasteiger partial charge in [0.15, 0.2) is 5.43 Å². The molecule has 0 fully saturated rings. The van der Waals surface area contributed by atoms with Gasteiger partial charge in [-0.2, -0.15) is 0 Å². The molecule has 42 heavy (non-hydrogen) atoms. The van der Waals surface area contributed by atoms with Gasteiger partial charge < -0.3 is 4.98 Å². The number of H-pyrrole nitrogens is 1. The van der Waals surface area contributed by atoms with Crippen LogP contribution in [0.4, 0.5) is 0 Å². The summed E-state index contributed by atoms with van der Waals surface area (Å²) in [5.74, 6) is 0. The highest BCUT2D eigenvalue weighted by molar-refractivity contribution is 9.11. The number of nitrogens with zero attached hydrogens (tertiary/aromatic N) is 2. The molecule has 0 unspecified atom stereocenters. The Morgan fingerprint density at radius 2 is 0.929 bits per heavy atom. The molecule has 0 radical (unpaired) electrons. The number of hydrogen-bond donors (Lipinski definition) is 1. The lowest BCUT2D eigenvalue weighted by atomic mass is 10.1. The van der Waals surface area contributed by atoms with Crippen molar-refractivity contribution in [2.45, 2.75) is 55.4 Å². The number of aromatic nitrogens is 3. The molecule has 3 aromatic heterocycles. The summed E-state index contributed by atoms with van der Waals surface area (Å²) in [5.41, 5.74) is 12.3. The van der Waals surface area contributed by atoms with Gasteiger partial charge in [-0.05, 0) is 149 Å². The van der Waals surface area contributed by atoms with Crippen LogP contribution in [-0.2, 0) is 0 Å². The van der Waals surface area contributed by atoms with E-state index in [9.17, 15) is 4.79 Å². The van der Waals surface area contributed by atoms with Crippen molar-refractivity contribution in [3.63, 3.8) is 0 Å². The number of pyridine rings is 3. The number of benzene rings is 3. The van der Waals surface area contributed by atoms with Crippen molar-refractivity contribution in [1.82, 2.24) is 15.0 Å². The van der Waals surface area contributed by atoms with Crippen molar-refractivity contribution >= 4 is 80.5 Å². The number of nitrogens with one attached hydrogen (secondary N) is 1. The van der Waals surface area contributed by atoms with Gasteiger partial charge in [-0.25, -0.2) is 0 Å². The molecule has 1 N–H and O–H groups in total. The molecule has 3 heterocycles. The first-order valence-electron chi connectivity index (χ1n) is 13.6. The Hall–Kier alpha value is -2.87. The Bertz CT molecular complexity index is 1930. The van der Waals surface area contributed by atoms with E-state index in [0.29, 0.717) is 0 Å². The number of rotatable bonds is 0. The third kappa shape index (κ3) is 6.85. The summed E-state index contributed by atoms with van der Waals surface area (Å²) < 4.78 is 3.19. The molecule has 0 aliphatic carbocycles. The van der Waals surface area contributed by atoms with Crippen LogP contribution in [0.3, 0.4) is 0 Å². The van der Waals surface area contributed by atoms with Gasteiger partial charge in [0, 0.05) is 52.7 Å². The number of halogens is 3. The van der Waals surface area contributed by atoms with Crippen LogP contribution in [0, 0.1) is 55.4 Å². The van der Waals surface area contributed by atoms with Gasteiger partial charge in [0.2, 0.25) is 0 Å². The number of aryl methyl sites for hydroxylation is 8. The van der Waals surface area contributed by atoms with Gasteiger partial charge in [-0.15, -0.1) is 0 Å². The summed E-state index contributed by atoms with van der Waals surface area (Å²) in [4.78, 5) is 23.9. The smallest absolute Gasteiger partial charge is 0.189 e. The second-order valence-electron chi connectivity index (χ2n) is 10.8. The number of aromatic amines is 1. The quantitative estimate of drug-likeness (QED) is 0.168. The fraction of sp³-hybridized carbons (Fsp3) is 0.229. The van der Waals surface area contributed by atoms with E-state index in [1.807, 2.05) is 39.8 Å². The number of fused-ring (bicyclic) bond motifs is 3. The third-order valence-corrected chi connectivity index (χ3v) is 10.2. The Morgan fingerprint density at radius 3 is 1.38 bits per heavy atom. The second-order valence-corrected chi connectivity index (χ2v) is 13.2. The first kappa shape index (κ1) is 32.1. The minimum absolute atomic E-state index is 0.0666. The van der Waals surface area contributed by atoms with Crippen molar-refractivity contribution in [2.24, 2.45) is 0 Å². The Morgan fingerprint density at radius 1 is 0.524 bits per heavy atom. The second kappa shape index (κ2) is 13.2. The minimum Gasteiger partial charge on any atom is -0.357 e. The average molecular weight is 752 g/mol. The topological polar surface area (TPSA) is 58.6 Å². The normalized spacial score (nSPS) is 10.8. The van der Waals surface area contributed by atoms with E-state index in [2.05, 4.69) is 127 Å². The van der Waals surface area contributed by atoms with E-state index < -0.39 is 0 Å². The summed E-state index contributed by atoms with van der Waals surface area (Å²) in [6.07, 6.45) is 0. The molecule has 0 bridgehead atoms. The first-order valence-corrected chi connectivity index (χ1v) is 16.0. The molecule has 3 aromatic carbocycles. The largest absolute Gasteiger partial charge is 0.357 e. The summed E-state index contributed by atoms with van der Waals surface area (Å²) >= 11 is 10.7. The highest BCUT2D eigenvalue weighted by Crippen LogP contribution is 2.29. The Balaban J connectivity index is 0.000000145. The maximum Gasteiger partial charge on any atom is 0.189 e. The van der Waals surface area contributed by atoms with E-state index in [1.54, 1.807) is 6.07 Å². The van der Waals surface area contributed by atoms with Crippen molar-refractivity contribution in [1.29, 1.82) is 0 Å². The zero-order valence-corrected chi connectivity index (χ0v) is 29.9. The van der Waals surface area contributed by atoms with Crippen LogP contribution in [0.15, 0.2) is 72.8 Å². The van der Waals surface area contributed by atoms with Crippen molar-refractivity contribution in [3.05, 3.63) is 123 Å². The zero-order valence-electron chi connectivity index (χ0n) is 25.1. The van der Waals surface area contributed by atoms with Gasteiger partial charge in [-0.3, -0.25) is 14.8 Å². The van der Waals surface area contributed by atoms with Gasteiger partial charge in [0.1, 0.15) is 0 Å². The molecule has 6 aromatic rings. The fourth-order valence-corrected chi connectivity index (χ4v) is 6.21. The highest BCUT2D eigenvalue weighted by atomic mass is 79.9. The van der Waals surface area contributed by atoms with E-state index in [1.165, 1.54) is 33.0 Å². The lowest BCUT2D eigenvalue weighted by molar-refractivity contribution is 1.22. The van der Waals surface area contributed by atoms with E-state index in [4.69, 9.17) is 0 Å². The lowest BCUT2D eigenvalue weighted by Crippen LogP contribution is -2.03. The monoisotopic (exact) mass is 749 g/mol. The molecular formula is C35H34Br3N3O. The molecule has 0 amide bonds. The molecule has 6 rings (SSSR count). The summed E-state index contributed by atoms with van der Waals surface area (Å²) in [7, 11) is 0. The molecule has 0 spiro atoms. The molecule has 0 atom stereocenters. The third-order valence-electron chi connectivity index (χ3n) is 7.17. The zero-order chi connectivity index (χ0) is 30.9. The fourth-order valence-electron chi connectivity index (χ4n) is 4.90. The van der Waals surface area contributed by atoms with Crippen LogP contribution in [-0.4, -0.2) is 15.0 Å². The van der Waals surface area contributed by atoms with Crippen LogP contribution >= 0.6 is 47.8 Å². The standard InChI is InChI=1S/2C12H12BrN.C11H10BrNO/c2*1-7-4-5-10-8(2)6-9(3)14-12(10)11(7)13;1-6-3-4-8-9(14)5-7(2)13-11(8)10(6)12/h2*4-6H,1-3H3;3-5H,1-2H3,(H,13,14). The van der Waals surface area contributed by atoms with Gasteiger partial charge >= 0.3 is 0 Å². The van der Waals surface area contributed by atoms with Crippen LogP contribution in [0.1, 0.15) is 44.9 Å². The van der Waals surface area contributed by atoms with Gasteiger partial charge in [0.25, 0.3) is 0 Å².